The van der Waals surface area contributed by atoms with Gasteiger partial charge in [-0.05, 0) is 31.1 Å². The molecule has 2 rings (SSSR count). The molecule has 6 nitrogen and oxygen atoms in total. The summed E-state index contributed by atoms with van der Waals surface area (Å²) in [5.74, 6) is -0.378. The van der Waals surface area contributed by atoms with Gasteiger partial charge in [-0.25, -0.2) is 9.78 Å². The molecule has 134 valence electrons. The first-order chi connectivity index (χ1) is 11.6. The van der Waals surface area contributed by atoms with Gasteiger partial charge in [-0.3, -0.25) is 0 Å². The van der Waals surface area contributed by atoms with Crippen molar-refractivity contribution in [2.24, 2.45) is 0 Å². The number of carbonyl (C=O) groups is 1. The number of hydrogen-bond acceptors (Lipinski definition) is 6. The number of rotatable bonds is 7. The van der Waals surface area contributed by atoms with Gasteiger partial charge in [0, 0.05) is 19.3 Å². The smallest absolute Gasteiger partial charge is 0.337 e. The summed E-state index contributed by atoms with van der Waals surface area (Å²) in [4.78, 5) is 16.2. The molecule has 2 aromatic rings. The maximum Gasteiger partial charge on any atom is 0.337 e. The predicted molar refractivity (Wildman–Crippen MR) is 97.5 cm³/mol. The van der Waals surface area contributed by atoms with Gasteiger partial charge in [0.25, 0.3) is 0 Å². The Bertz CT molecular complexity index is 643. The van der Waals surface area contributed by atoms with E-state index in [1.807, 2.05) is 17.1 Å². The molecule has 0 N–H and O–H groups in total. The lowest BCUT2D eigenvalue weighted by Gasteiger charge is -2.08. The van der Waals surface area contributed by atoms with Crippen LogP contribution in [-0.2, 0) is 27.5 Å². The number of esters is 1. The van der Waals surface area contributed by atoms with Crippen molar-refractivity contribution in [1.29, 1.82) is 0 Å². The van der Waals surface area contributed by atoms with Crippen molar-refractivity contribution in [3.8, 4) is 0 Å². The van der Waals surface area contributed by atoms with Crippen molar-refractivity contribution < 1.29 is 19.0 Å². The molecule has 0 bridgehead atoms. The summed E-state index contributed by atoms with van der Waals surface area (Å²) >= 11 is 1.75. The Morgan fingerprint density at radius 2 is 2.00 bits per heavy atom. The number of nitrogens with zero attached hydrogens (tertiary/aromatic N) is 2. The van der Waals surface area contributed by atoms with Gasteiger partial charge in [-0.15, -0.1) is 0 Å². The zero-order valence-corrected chi connectivity index (χ0v) is 15.8. The molecule has 0 aliphatic carbocycles. The van der Waals surface area contributed by atoms with Gasteiger partial charge in [0.05, 0.1) is 36.6 Å². The summed E-state index contributed by atoms with van der Waals surface area (Å²) in [6, 6.07) is 3.52. The summed E-state index contributed by atoms with van der Waals surface area (Å²) in [5.41, 5.74) is 2.98. The summed E-state index contributed by atoms with van der Waals surface area (Å²) in [5, 5.41) is 0. The van der Waals surface area contributed by atoms with Gasteiger partial charge < -0.3 is 18.8 Å². The molecule has 1 aromatic carbocycles. The number of methoxy groups -OCH3 is 2. The van der Waals surface area contributed by atoms with E-state index in [2.05, 4.69) is 11.9 Å². The fourth-order valence-electron chi connectivity index (χ4n) is 2.15. The fraction of sp³-hybridized carbons (Fsp3) is 0.529. The van der Waals surface area contributed by atoms with Crippen LogP contribution in [0.1, 0.15) is 29.3 Å². The minimum atomic E-state index is -0.378. The second-order valence-electron chi connectivity index (χ2n) is 5.09. The van der Waals surface area contributed by atoms with Gasteiger partial charge in [-0.2, -0.15) is 11.8 Å². The first-order valence-electron chi connectivity index (χ1n) is 7.65. The van der Waals surface area contributed by atoms with E-state index in [1.165, 1.54) is 7.11 Å². The highest BCUT2D eigenvalue weighted by molar-refractivity contribution is 7.97. The van der Waals surface area contributed by atoms with E-state index in [4.69, 9.17) is 14.2 Å². The standard InChI is InChI=1S/C15H20N2O4.C2H6S/c1-4-5-21-10-17-9-16-14-12(8-19-2)6-11(7-13(14)17)15(18)20-3;1-3-2/h6-7,9H,4-5,8,10H2,1-3H3;1-2H3. The molecule has 0 saturated carbocycles. The molecule has 0 unspecified atom stereocenters. The lowest BCUT2D eigenvalue weighted by Crippen LogP contribution is -2.05. The second kappa shape index (κ2) is 11.1. The normalized spacial score (nSPS) is 10.4. The van der Waals surface area contributed by atoms with Gasteiger partial charge in [0.1, 0.15) is 6.73 Å². The Labute approximate surface area is 147 Å². The highest BCUT2D eigenvalue weighted by atomic mass is 32.2. The first-order valence-corrected chi connectivity index (χ1v) is 9.29. The largest absolute Gasteiger partial charge is 0.465 e. The number of thioether (sulfide) groups is 1. The Hall–Kier alpha value is -1.57. The van der Waals surface area contributed by atoms with E-state index in [9.17, 15) is 4.79 Å². The lowest BCUT2D eigenvalue weighted by molar-refractivity contribution is 0.0600. The van der Waals surface area contributed by atoms with Gasteiger partial charge in [0.2, 0.25) is 0 Å². The first kappa shape index (κ1) is 20.5. The predicted octanol–water partition coefficient (Wildman–Crippen LogP) is 3.33. The Morgan fingerprint density at radius 3 is 2.58 bits per heavy atom. The van der Waals surface area contributed by atoms with Crippen LogP contribution in [0.3, 0.4) is 0 Å². The molecule has 1 aromatic heterocycles. The SMILES string of the molecule is CCCOCn1cnc2c(COC)cc(C(=O)OC)cc21.CSC. The van der Waals surface area contributed by atoms with Gasteiger partial charge in [-0.1, -0.05) is 6.92 Å². The van der Waals surface area contributed by atoms with E-state index in [-0.39, 0.29) is 5.97 Å². The van der Waals surface area contributed by atoms with E-state index >= 15 is 0 Å². The van der Waals surface area contributed by atoms with E-state index < -0.39 is 0 Å². The maximum absolute atomic E-state index is 11.8. The minimum Gasteiger partial charge on any atom is -0.465 e. The average molecular weight is 354 g/mol. The quantitative estimate of drug-likeness (QED) is 0.561. The van der Waals surface area contributed by atoms with Crippen molar-refractivity contribution in [2.45, 2.75) is 26.7 Å². The molecule has 0 aliphatic rings. The molecule has 0 aliphatic heterocycles. The summed E-state index contributed by atoms with van der Waals surface area (Å²) in [7, 11) is 2.97. The molecule has 1 heterocycles. The monoisotopic (exact) mass is 354 g/mol. The van der Waals surface area contributed by atoms with E-state index in [1.54, 1.807) is 37.3 Å². The minimum absolute atomic E-state index is 0.378. The number of carbonyl (C=O) groups excluding carboxylic acids is 1. The van der Waals surface area contributed by atoms with Crippen LogP contribution in [0.15, 0.2) is 18.5 Å². The number of hydrogen-bond donors (Lipinski definition) is 0. The Balaban J connectivity index is 0.000000891. The lowest BCUT2D eigenvalue weighted by atomic mass is 10.1. The van der Waals surface area contributed by atoms with Crippen molar-refractivity contribution >= 4 is 28.8 Å². The summed E-state index contributed by atoms with van der Waals surface area (Å²) in [6.45, 7) is 3.52. The van der Waals surface area contributed by atoms with Crippen LogP contribution in [0.2, 0.25) is 0 Å². The molecule has 0 amide bonds. The fourth-order valence-corrected chi connectivity index (χ4v) is 2.15. The molecular weight excluding hydrogens is 328 g/mol. The second-order valence-corrected chi connectivity index (χ2v) is 5.90. The van der Waals surface area contributed by atoms with Crippen LogP contribution in [0.5, 0.6) is 0 Å². The highest BCUT2D eigenvalue weighted by Gasteiger charge is 2.14. The topological polar surface area (TPSA) is 62.6 Å². The number of ether oxygens (including phenoxy) is 3. The summed E-state index contributed by atoms with van der Waals surface area (Å²) in [6.07, 6.45) is 6.75. The molecule has 0 saturated heterocycles. The van der Waals surface area contributed by atoms with Crippen LogP contribution in [0.4, 0.5) is 0 Å². The number of imidazole rings is 1. The van der Waals surface area contributed by atoms with Crippen molar-refractivity contribution in [2.75, 3.05) is 33.3 Å². The van der Waals surface area contributed by atoms with E-state index in [0.717, 1.165) is 23.0 Å². The highest BCUT2D eigenvalue weighted by Crippen LogP contribution is 2.22. The average Bonchev–Trinajstić information content (AvgIpc) is 2.99. The Kier molecular flexibility index (Phi) is 9.44. The van der Waals surface area contributed by atoms with E-state index in [0.29, 0.717) is 25.5 Å². The number of aromatic nitrogens is 2. The van der Waals surface area contributed by atoms with Crippen LogP contribution in [0, 0.1) is 0 Å². The maximum atomic E-state index is 11.8. The third kappa shape index (κ3) is 5.51. The molecule has 0 fully saturated rings. The van der Waals surface area contributed by atoms with Crippen LogP contribution < -0.4 is 0 Å². The number of benzene rings is 1. The van der Waals surface area contributed by atoms with Crippen molar-refractivity contribution in [1.82, 2.24) is 9.55 Å². The van der Waals surface area contributed by atoms with Crippen LogP contribution >= 0.6 is 11.8 Å². The molecule has 24 heavy (non-hydrogen) atoms. The third-order valence-electron chi connectivity index (χ3n) is 3.10. The molecule has 0 spiro atoms. The Morgan fingerprint density at radius 1 is 1.29 bits per heavy atom. The van der Waals surface area contributed by atoms with Crippen LogP contribution in [0.25, 0.3) is 11.0 Å². The molecule has 0 atom stereocenters. The zero-order chi connectivity index (χ0) is 17.9. The van der Waals surface area contributed by atoms with Gasteiger partial charge in [0.15, 0.2) is 0 Å². The molecule has 7 heteroatoms. The number of fused-ring (bicyclic) bond motifs is 1. The van der Waals surface area contributed by atoms with Crippen molar-refractivity contribution in [3.05, 3.63) is 29.6 Å². The summed E-state index contributed by atoms with van der Waals surface area (Å²) < 4.78 is 17.4. The van der Waals surface area contributed by atoms with Crippen LogP contribution in [-0.4, -0.2) is 48.9 Å². The van der Waals surface area contributed by atoms with Crippen molar-refractivity contribution in [3.63, 3.8) is 0 Å². The van der Waals surface area contributed by atoms with Gasteiger partial charge >= 0.3 is 5.97 Å². The molecular formula is C17H26N2O4S. The molecule has 0 radical (unpaired) electrons. The third-order valence-corrected chi connectivity index (χ3v) is 3.10. The zero-order valence-electron chi connectivity index (χ0n) is 15.0.